The minimum Gasteiger partial charge on any atom is -0.357 e. The molecule has 0 aliphatic rings. The molecule has 0 fully saturated rings. The summed E-state index contributed by atoms with van der Waals surface area (Å²) in [5.41, 5.74) is 1.18. The van der Waals surface area contributed by atoms with Gasteiger partial charge in [-0.05, 0) is 33.2 Å². The van der Waals surface area contributed by atoms with Crippen molar-refractivity contribution in [3.05, 3.63) is 48.3 Å². The number of hydrogen-bond acceptors (Lipinski definition) is 4. The normalized spacial score (nSPS) is 12.6. The highest BCUT2D eigenvalue weighted by atomic mass is 127. The molecule has 8 heteroatoms. The molecular weight excluding hydrogens is 471 g/mol. The van der Waals surface area contributed by atoms with Gasteiger partial charge in [0.2, 0.25) is 0 Å². The Balaban J connectivity index is 0.00000364. The lowest BCUT2D eigenvalue weighted by atomic mass is 10.1. The number of rotatable bonds is 9. The standard InChI is InChI=1S/C19H30N6S.HI/c1-5-20-19(21-11-12-26-17-9-7-6-8-10-17)22-14-18(24(2)3)16-13-23-25(4)15-16;/h6-10,13,15,18H,5,11-12,14H2,1-4H3,(H2,20,21,22);1H. The quantitative estimate of drug-likeness (QED) is 0.182. The Kier molecular flexibility index (Phi) is 11.5. The number of thioether (sulfide) groups is 1. The van der Waals surface area contributed by atoms with E-state index in [1.165, 1.54) is 10.5 Å². The molecule has 150 valence electrons. The smallest absolute Gasteiger partial charge is 0.191 e. The Hall–Kier alpha value is -1.26. The van der Waals surface area contributed by atoms with Crippen LogP contribution in [0, 0.1) is 0 Å². The van der Waals surface area contributed by atoms with Crippen LogP contribution in [0.5, 0.6) is 0 Å². The summed E-state index contributed by atoms with van der Waals surface area (Å²) in [5, 5.41) is 11.0. The van der Waals surface area contributed by atoms with Crippen molar-refractivity contribution in [3.8, 4) is 0 Å². The molecule has 0 aliphatic carbocycles. The van der Waals surface area contributed by atoms with Crippen molar-refractivity contribution in [1.29, 1.82) is 0 Å². The van der Waals surface area contributed by atoms with Crippen LogP contribution < -0.4 is 10.6 Å². The van der Waals surface area contributed by atoms with E-state index < -0.39 is 0 Å². The van der Waals surface area contributed by atoms with Crippen LogP contribution in [-0.4, -0.2) is 60.1 Å². The number of aliphatic imine (C=N–C) groups is 1. The second-order valence-electron chi connectivity index (χ2n) is 6.23. The van der Waals surface area contributed by atoms with Gasteiger partial charge in [-0.3, -0.25) is 9.67 Å². The number of hydrogen-bond donors (Lipinski definition) is 2. The summed E-state index contributed by atoms with van der Waals surface area (Å²) in [6.45, 7) is 4.47. The number of guanidine groups is 1. The number of aromatic nitrogens is 2. The van der Waals surface area contributed by atoms with Crippen molar-refractivity contribution >= 4 is 41.7 Å². The Morgan fingerprint density at radius 2 is 2.00 bits per heavy atom. The van der Waals surface area contributed by atoms with Crippen molar-refractivity contribution in [2.45, 2.75) is 17.9 Å². The molecule has 0 spiro atoms. The van der Waals surface area contributed by atoms with Gasteiger partial charge in [-0.15, -0.1) is 35.7 Å². The number of likely N-dealkylation sites (N-methyl/N-ethyl adjacent to an activating group) is 1. The van der Waals surface area contributed by atoms with Crippen molar-refractivity contribution in [2.75, 3.05) is 39.5 Å². The second-order valence-corrected chi connectivity index (χ2v) is 7.40. The second kappa shape index (κ2) is 13.0. The maximum Gasteiger partial charge on any atom is 0.191 e. The predicted octanol–water partition coefficient (Wildman–Crippen LogP) is 2.99. The molecule has 1 aromatic heterocycles. The van der Waals surface area contributed by atoms with Crippen LogP contribution in [0.2, 0.25) is 0 Å². The molecule has 1 aromatic carbocycles. The minimum absolute atomic E-state index is 0. The van der Waals surface area contributed by atoms with E-state index in [4.69, 9.17) is 4.99 Å². The first-order valence-corrected chi connectivity index (χ1v) is 9.93. The summed E-state index contributed by atoms with van der Waals surface area (Å²) in [6.07, 6.45) is 3.97. The van der Waals surface area contributed by atoms with Gasteiger partial charge in [-0.1, -0.05) is 18.2 Å². The van der Waals surface area contributed by atoms with E-state index in [0.29, 0.717) is 6.54 Å². The third-order valence-electron chi connectivity index (χ3n) is 3.91. The third kappa shape index (κ3) is 8.52. The summed E-state index contributed by atoms with van der Waals surface area (Å²) in [5.74, 6) is 1.85. The number of aryl methyl sites for hydroxylation is 1. The average Bonchev–Trinajstić information content (AvgIpc) is 3.05. The molecule has 6 nitrogen and oxygen atoms in total. The highest BCUT2D eigenvalue weighted by Gasteiger charge is 2.15. The van der Waals surface area contributed by atoms with Gasteiger partial charge < -0.3 is 15.5 Å². The van der Waals surface area contributed by atoms with Gasteiger partial charge in [0.15, 0.2) is 5.96 Å². The summed E-state index contributed by atoms with van der Waals surface area (Å²) in [7, 11) is 6.09. The predicted molar refractivity (Wildman–Crippen MR) is 126 cm³/mol. The number of halogens is 1. The zero-order chi connectivity index (χ0) is 18.8. The lowest BCUT2D eigenvalue weighted by Gasteiger charge is -2.22. The van der Waals surface area contributed by atoms with Crippen LogP contribution in [0.15, 0.2) is 52.6 Å². The third-order valence-corrected chi connectivity index (χ3v) is 4.92. The van der Waals surface area contributed by atoms with E-state index in [2.05, 4.69) is 72.1 Å². The Morgan fingerprint density at radius 3 is 2.59 bits per heavy atom. The number of benzene rings is 1. The van der Waals surface area contributed by atoms with Crippen LogP contribution in [0.4, 0.5) is 0 Å². The van der Waals surface area contributed by atoms with E-state index >= 15 is 0 Å². The fraction of sp³-hybridized carbons (Fsp3) is 0.474. The van der Waals surface area contributed by atoms with Crippen LogP contribution in [0.3, 0.4) is 0 Å². The molecule has 2 rings (SSSR count). The monoisotopic (exact) mass is 502 g/mol. The maximum absolute atomic E-state index is 4.77. The molecule has 1 atom stereocenters. The molecule has 2 aromatic rings. The maximum atomic E-state index is 4.77. The Bertz CT molecular complexity index is 674. The van der Waals surface area contributed by atoms with E-state index in [0.717, 1.165) is 24.8 Å². The fourth-order valence-electron chi connectivity index (χ4n) is 2.55. The summed E-state index contributed by atoms with van der Waals surface area (Å²) in [6, 6.07) is 10.7. The molecule has 0 aliphatic heterocycles. The van der Waals surface area contributed by atoms with Crippen LogP contribution in [0.1, 0.15) is 18.5 Å². The first kappa shape index (κ1) is 23.8. The fourth-order valence-corrected chi connectivity index (χ4v) is 3.34. The number of nitrogens with zero attached hydrogens (tertiary/aromatic N) is 4. The molecule has 0 saturated heterocycles. The Morgan fingerprint density at radius 1 is 1.26 bits per heavy atom. The van der Waals surface area contributed by atoms with Crippen molar-refractivity contribution in [3.63, 3.8) is 0 Å². The summed E-state index contributed by atoms with van der Waals surface area (Å²) < 4.78 is 1.83. The van der Waals surface area contributed by atoms with Crippen molar-refractivity contribution in [1.82, 2.24) is 25.3 Å². The molecule has 0 bridgehead atoms. The van der Waals surface area contributed by atoms with E-state index in [1.807, 2.05) is 35.8 Å². The SMILES string of the molecule is CCNC(=NCC(c1cnn(C)c1)N(C)C)NCCSc1ccccc1.I. The summed E-state index contributed by atoms with van der Waals surface area (Å²) >= 11 is 1.84. The van der Waals surface area contributed by atoms with Gasteiger partial charge in [-0.2, -0.15) is 5.10 Å². The number of nitrogens with one attached hydrogen (secondary N) is 2. The van der Waals surface area contributed by atoms with Gasteiger partial charge >= 0.3 is 0 Å². The van der Waals surface area contributed by atoms with Gasteiger partial charge in [0.05, 0.1) is 18.8 Å². The van der Waals surface area contributed by atoms with Gasteiger partial charge in [0.25, 0.3) is 0 Å². The van der Waals surface area contributed by atoms with Crippen molar-refractivity contribution < 1.29 is 0 Å². The van der Waals surface area contributed by atoms with Crippen LogP contribution >= 0.6 is 35.7 Å². The van der Waals surface area contributed by atoms with Crippen LogP contribution in [0.25, 0.3) is 0 Å². The van der Waals surface area contributed by atoms with Crippen LogP contribution in [-0.2, 0) is 7.05 Å². The van der Waals surface area contributed by atoms with E-state index in [9.17, 15) is 0 Å². The van der Waals surface area contributed by atoms with Crippen molar-refractivity contribution in [2.24, 2.45) is 12.0 Å². The lowest BCUT2D eigenvalue weighted by molar-refractivity contribution is 0.306. The van der Waals surface area contributed by atoms with Gasteiger partial charge in [-0.25, -0.2) is 0 Å². The first-order valence-electron chi connectivity index (χ1n) is 8.95. The average molecular weight is 502 g/mol. The molecular formula is C19H31IN6S. The van der Waals surface area contributed by atoms with Gasteiger partial charge in [0.1, 0.15) is 0 Å². The summed E-state index contributed by atoms with van der Waals surface area (Å²) in [4.78, 5) is 8.24. The molecule has 1 heterocycles. The van der Waals surface area contributed by atoms with E-state index in [-0.39, 0.29) is 30.0 Å². The zero-order valence-corrected chi connectivity index (χ0v) is 19.7. The largest absolute Gasteiger partial charge is 0.357 e. The molecule has 1 unspecified atom stereocenters. The molecule has 0 radical (unpaired) electrons. The topological polar surface area (TPSA) is 57.5 Å². The molecule has 0 saturated carbocycles. The first-order chi connectivity index (χ1) is 12.6. The Labute approximate surface area is 184 Å². The lowest BCUT2D eigenvalue weighted by Crippen LogP contribution is -2.39. The molecule has 27 heavy (non-hydrogen) atoms. The van der Waals surface area contributed by atoms with E-state index in [1.54, 1.807) is 0 Å². The minimum atomic E-state index is 0. The molecule has 2 N–H and O–H groups in total. The highest BCUT2D eigenvalue weighted by Crippen LogP contribution is 2.18. The zero-order valence-electron chi connectivity index (χ0n) is 16.6. The van der Waals surface area contributed by atoms with Gasteiger partial charge in [0, 0.05) is 42.5 Å². The highest BCUT2D eigenvalue weighted by molar-refractivity contribution is 14.0. The molecule has 0 amide bonds.